The first-order chi connectivity index (χ1) is 14.4. The van der Waals surface area contributed by atoms with Gasteiger partial charge in [0.1, 0.15) is 0 Å². The number of ketones is 1. The van der Waals surface area contributed by atoms with E-state index in [0.717, 1.165) is 17.5 Å². The highest BCUT2D eigenvalue weighted by Crippen LogP contribution is 2.30. The van der Waals surface area contributed by atoms with E-state index in [-0.39, 0.29) is 18.6 Å². The highest BCUT2D eigenvalue weighted by Gasteiger charge is 2.16. The van der Waals surface area contributed by atoms with Crippen LogP contribution in [0.2, 0.25) is 0 Å². The van der Waals surface area contributed by atoms with Crippen molar-refractivity contribution in [1.29, 1.82) is 0 Å². The molecule has 0 spiro atoms. The Morgan fingerprint density at radius 1 is 0.933 bits per heavy atom. The predicted molar refractivity (Wildman–Crippen MR) is 111 cm³/mol. The number of benzene rings is 2. The minimum absolute atomic E-state index is 0.0167. The van der Waals surface area contributed by atoms with E-state index < -0.39 is 18.5 Å². The molecule has 0 fully saturated rings. The summed E-state index contributed by atoms with van der Waals surface area (Å²) in [6, 6.07) is 10.6. The van der Waals surface area contributed by atoms with Crippen LogP contribution in [-0.2, 0) is 14.3 Å². The summed E-state index contributed by atoms with van der Waals surface area (Å²) in [5, 5.41) is 2.69. The lowest BCUT2D eigenvalue weighted by Gasteiger charge is -2.09. The average Bonchev–Trinajstić information content (AvgIpc) is 2.94. The number of rotatable bonds is 7. The number of nitrogens with one attached hydrogen (secondary N) is 1. The lowest BCUT2D eigenvalue weighted by Crippen LogP contribution is -2.21. The number of amides is 1. The summed E-state index contributed by atoms with van der Waals surface area (Å²) in [6.45, 7) is 4.57. The maximum absolute atomic E-state index is 12.4. The smallest absolute Gasteiger partial charge is 0.306 e. The topological polar surface area (TPSA) is 90.9 Å². The Labute approximate surface area is 175 Å². The van der Waals surface area contributed by atoms with Gasteiger partial charge in [-0.3, -0.25) is 14.4 Å². The fraction of sp³-hybridized carbons (Fsp3) is 0.348. The van der Waals surface area contributed by atoms with Crippen LogP contribution in [0.5, 0.6) is 11.5 Å². The zero-order valence-electron chi connectivity index (χ0n) is 17.2. The normalized spacial score (nSPS) is 12.6. The maximum atomic E-state index is 12.4. The van der Waals surface area contributed by atoms with Gasteiger partial charge in [-0.25, -0.2) is 0 Å². The largest absolute Gasteiger partial charge is 0.490 e. The maximum Gasteiger partial charge on any atom is 0.306 e. The summed E-state index contributed by atoms with van der Waals surface area (Å²) in [6.07, 6.45) is 0.655. The van der Waals surface area contributed by atoms with Gasteiger partial charge in [-0.2, -0.15) is 0 Å². The van der Waals surface area contributed by atoms with Crippen molar-refractivity contribution in [2.75, 3.05) is 25.1 Å². The van der Waals surface area contributed by atoms with Gasteiger partial charge in [0.25, 0.3) is 5.91 Å². The summed E-state index contributed by atoms with van der Waals surface area (Å²) < 4.78 is 16.1. The lowest BCUT2D eigenvalue weighted by atomic mass is 10.1. The second kappa shape index (κ2) is 9.91. The van der Waals surface area contributed by atoms with Crippen LogP contribution in [0.25, 0.3) is 0 Å². The van der Waals surface area contributed by atoms with Gasteiger partial charge in [0.05, 0.1) is 19.6 Å². The Morgan fingerprint density at radius 3 is 2.37 bits per heavy atom. The Bertz CT molecular complexity index is 932. The van der Waals surface area contributed by atoms with E-state index in [1.807, 2.05) is 32.0 Å². The van der Waals surface area contributed by atoms with Gasteiger partial charge in [-0.15, -0.1) is 0 Å². The molecule has 0 aromatic heterocycles. The number of carbonyl (C=O) groups excluding carboxylic acids is 3. The van der Waals surface area contributed by atoms with Gasteiger partial charge in [-0.05, 0) is 55.3 Å². The zero-order valence-corrected chi connectivity index (χ0v) is 17.2. The number of Topliss-reactive ketones (excluding diaryl/α,β-unsaturated/α-hetero) is 1. The van der Waals surface area contributed by atoms with Crippen molar-refractivity contribution in [3.63, 3.8) is 0 Å². The predicted octanol–water partition coefficient (Wildman–Crippen LogP) is 3.61. The molecule has 1 N–H and O–H groups in total. The first kappa shape index (κ1) is 21.4. The quantitative estimate of drug-likeness (QED) is 0.553. The molecule has 0 bridgehead atoms. The number of ether oxygens (including phenoxy) is 3. The Balaban J connectivity index is 1.44. The van der Waals surface area contributed by atoms with Crippen molar-refractivity contribution in [1.82, 2.24) is 0 Å². The molecule has 1 heterocycles. The van der Waals surface area contributed by atoms with Gasteiger partial charge < -0.3 is 19.5 Å². The molecule has 30 heavy (non-hydrogen) atoms. The highest BCUT2D eigenvalue weighted by molar-refractivity contribution is 5.98. The number of hydrogen-bond acceptors (Lipinski definition) is 6. The molecule has 2 aromatic carbocycles. The van der Waals surface area contributed by atoms with E-state index in [1.165, 1.54) is 0 Å². The highest BCUT2D eigenvalue weighted by atomic mass is 16.5. The molecule has 1 aliphatic heterocycles. The van der Waals surface area contributed by atoms with Gasteiger partial charge in [0.2, 0.25) is 0 Å². The molecular formula is C23H25NO6. The standard InChI is InChI=1S/C23H25NO6/c1-15-10-16(2)12-18(11-15)24-22(26)14-30-23(27)7-5-19(25)17-4-6-20-21(13-17)29-9-3-8-28-20/h4,6,10-13H,3,5,7-9,14H2,1-2H3,(H,24,26). The second-order valence-corrected chi connectivity index (χ2v) is 7.22. The second-order valence-electron chi connectivity index (χ2n) is 7.22. The van der Waals surface area contributed by atoms with E-state index in [1.54, 1.807) is 18.2 Å². The molecule has 7 heteroatoms. The molecule has 0 unspecified atom stereocenters. The van der Waals surface area contributed by atoms with Crippen LogP contribution in [0, 0.1) is 13.8 Å². The van der Waals surface area contributed by atoms with Crippen molar-refractivity contribution in [3.8, 4) is 11.5 Å². The third-order valence-electron chi connectivity index (χ3n) is 4.50. The molecule has 7 nitrogen and oxygen atoms in total. The van der Waals surface area contributed by atoms with Crippen LogP contribution in [0.4, 0.5) is 5.69 Å². The van der Waals surface area contributed by atoms with Crippen molar-refractivity contribution < 1.29 is 28.6 Å². The number of aryl methyl sites for hydroxylation is 2. The number of carbonyl (C=O) groups is 3. The first-order valence-electron chi connectivity index (χ1n) is 9.87. The van der Waals surface area contributed by atoms with Crippen LogP contribution in [-0.4, -0.2) is 37.5 Å². The van der Waals surface area contributed by atoms with E-state index in [4.69, 9.17) is 14.2 Å². The number of fused-ring (bicyclic) bond motifs is 1. The summed E-state index contributed by atoms with van der Waals surface area (Å²) in [7, 11) is 0. The third kappa shape index (κ3) is 6.07. The van der Waals surface area contributed by atoms with Crippen LogP contribution < -0.4 is 14.8 Å². The van der Waals surface area contributed by atoms with Gasteiger partial charge in [-0.1, -0.05) is 6.07 Å². The van der Waals surface area contributed by atoms with Crippen molar-refractivity contribution in [2.45, 2.75) is 33.1 Å². The molecule has 0 radical (unpaired) electrons. The lowest BCUT2D eigenvalue weighted by molar-refractivity contribution is -0.147. The van der Waals surface area contributed by atoms with Crippen LogP contribution in [0.1, 0.15) is 40.7 Å². The number of esters is 1. The van der Waals surface area contributed by atoms with Gasteiger partial charge in [0, 0.05) is 24.1 Å². The summed E-state index contributed by atoms with van der Waals surface area (Å²) in [5.74, 6) is -0.0969. The first-order valence-corrected chi connectivity index (χ1v) is 9.87. The number of anilines is 1. The van der Waals surface area contributed by atoms with Crippen molar-refractivity contribution >= 4 is 23.3 Å². The summed E-state index contributed by atoms with van der Waals surface area (Å²) in [5.41, 5.74) is 3.14. The van der Waals surface area contributed by atoms with Crippen LogP contribution in [0.3, 0.4) is 0 Å². The van der Waals surface area contributed by atoms with Crippen molar-refractivity contribution in [3.05, 3.63) is 53.1 Å². The van der Waals surface area contributed by atoms with Gasteiger partial charge in [0.15, 0.2) is 23.9 Å². The molecule has 2 aromatic rings. The molecule has 1 amide bonds. The minimum atomic E-state index is -0.603. The van der Waals surface area contributed by atoms with E-state index in [9.17, 15) is 14.4 Å². The molecule has 0 saturated heterocycles. The fourth-order valence-electron chi connectivity index (χ4n) is 3.16. The monoisotopic (exact) mass is 411 g/mol. The van der Waals surface area contributed by atoms with E-state index in [0.29, 0.717) is 36.0 Å². The minimum Gasteiger partial charge on any atom is -0.490 e. The summed E-state index contributed by atoms with van der Waals surface area (Å²) >= 11 is 0. The van der Waals surface area contributed by atoms with Gasteiger partial charge >= 0.3 is 5.97 Å². The Kier molecular flexibility index (Phi) is 7.06. The Hall–Kier alpha value is -3.35. The number of hydrogen-bond donors (Lipinski definition) is 1. The van der Waals surface area contributed by atoms with E-state index >= 15 is 0 Å². The SMILES string of the molecule is Cc1cc(C)cc(NC(=O)COC(=O)CCC(=O)c2ccc3c(c2)OCCCO3)c1. The Morgan fingerprint density at radius 2 is 1.63 bits per heavy atom. The molecule has 0 saturated carbocycles. The van der Waals surface area contributed by atoms with Crippen LogP contribution in [0.15, 0.2) is 36.4 Å². The molecular weight excluding hydrogens is 386 g/mol. The fourth-order valence-corrected chi connectivity index (χ4v) is 3.16. The molecule has 3 rings (SSSR count). The average molecular weight is 411 g/mol. The molecule has 0 atom stereocenters. The summed E-state index contributed by atoms with van der Waals surface area (Å²) in [4.78, 5) is 36.3. The third-order valence-corrected chi connectivity index (χ3v) is 4.50. The molecule has 1 aliphatic rings. The molecule has 158 valence electrons. The van der Waals surface area contributed by atoms with E-state index in [2.05, 4.69) is 5.32 Å². The van der Waals surface area contributed by atoms with Crippen molar-refractivity contribution in [2.24, 2.45) is 0 Å². The van der Waals surface area contributed by atoms with Crippen LogP contribution >= 0.6 is 0 Å². The molecule has 0 aliphatic carbocycles. The zero-order chi connectivity index (χ0) is 21.5.